The fraction of sp³-hybridized carbons (Fsp3) is 0.227. The van der Waals surface area contributed by atoms with Crippen LogP contribution in [0.15, 0.2) is 60.7 Å². The fourth-order valence-electron chi connectivity index (χ4n) is 2.57. The smallest absolute Gasteiger partial charge is 0.274 e. The zero-order valence-corrected chi connectivity index (χ0v) is 16.1. The highest BCUT2D eigenvalue weighted by Crippen LogP contribution is 2.22. The van der Waals surface area contributed by atoms with Gasteiger partial charge < -0.3 is 15.4 Å². The number of carbonyl (C=O) groups excluding carboxylic acids is 1. The number of aromatic nitrogens is 2. The van der Waals surface area contributed by atoms with Gasteiger partial charge in [-0.1, -0.05) is 31.5 Å². The Kier molecular flexibility index (Phi) is 6.57. The van der Waals surface area contributed by atoms with E-state index < -0.39 is 0 Å². The first-order chi connectivity index (χ1) is 13.6. The number of nitrogens with zero attached hydrogens (tertiary/aromatic N) is 2. The van der Waals surface area contributed by atoms with Crippen LogP contribution in [-0.2, 0) is 0 Å². The topological polar surface area (TPSA) is 76.1 Å². The Morgan fingerprint density at radius 3 is 2.43 bits per heavy atom. The Hall–Kier alpha value is -3.41. The summed E-state index contributed by atoms with van der Waals surface area (Å²) in [4.78, 5) is 21.2. The van der Waals surface area contributed by atoms with Gasteiger partial charge in [-0.15, -0.1) is 0 Å². The number of hydrogen-bond donors (Lipinski definition) is 2. The summed E-state index contributed by atoms with van der Waals surface area (Å²) in [6.45, 7) is 4.75. The molecular formula is C22H24N4O2. The lowest BCUT2D eigenvalue weighted by atomic mass is 10.2. The molecule has 0 radical (unpaired) electrons. The van der Waals surface area contributed by atoms with E-state index in [1.54, 1.807) is 18.2 Å². The van der Waals surface area contributed by atoms with Crippen LogP contribution in [-0.4, -0.2) is 22.4 Å². The van der Waals surface area contributed by atoms with Gasteiger partial charge in [0.15, 0.2) is 0 Å². The van der Waals surface area contributed by atoms with Crippen LogP contribution in [0.5, 0.6) is 11.5 Å². The predicted molar refractivity (Wildman–Crippen MR) is 111 cm³/mol. The molecule has 0 aliphatic rings. The van der Waals surface area contributed by atoms with Crippen LogP contribution in [0, 0.1) is 6.92 Å². The molecule has 3 rings (SSSR count). The van der Waals surface area contributed by atoms with Crippen molar-refractivity contribution in [3.05, 3.63) is 72.1 Å². The van der Waals surface area contributed by atoms with Crippen molar-refractivity contribution in [1.29, 1.82) is 0 Å². The predicted octanol–water partition coefficient (Wildman–Crippen LogP) is 5.04. The lowest BCUT2D eigenvalue weighted by molar-refractivity contribution is 0.102. The molecule has 144 valence electrons. The van der Waals surface area contributed by atoms with Gasteiger partial charge in [-0.3, -0.25) is 4.79 Å². The van der Waals surface area contributed by atoms with Crippen molar-refractivity contribution in [2.24, 2.45) is 0 Å². The Balaban J connectivity index is 1.64. The van der Waals surface area contributed by atoms with Gasteiger partial charge in [0.1, 0.15) is 17.2 Å². The van der Waals surface area contributed by atoms with Gasteiger partial charge in [0.05, 0.1) is 0 Å². The monoisotopic (exact) mass is 376 g/mol. The van der Waals surface area contributed by atoms with E-state index in [4.69, 9.17) is 4.74 Å². The molecule has 6 nitrogen and oxygen atoms in total. The summed E-state index contributed by atoms with van der Waals surface area (Å²) in [7, 11) is 0. The fourth-order valence-corrected chi connectivity index (χ4v) is 2.57. The molecule has 0 aliphatic heterocycles. The molecule has 0 bridgehead atoms. The molecule has 0 spiro atoms. The second kappa shape index (κ2) is 9.50. The number of unbranched alkanes of at least 4 members (excludes halogenated alkanes) is 1. The summed E-state index contributed by atoms with van der Waals surface area (Å²) in [6.07, 6.45) is 2.10. The molecule has 3 aromatic rings. The molecule has 0 saturated carbocycles. The average Bonchev–Trinajstić information content (AvgIpc) is 2.70. The molecule has 0 atom stereocenters. The van der Waals surface area contributed by atoms with Gasteiger partial charge in [0, 0.05) is 17.9 Å². The van der Waals surface area contributed by atoms with Gasteiger partial charge in [-0.2, -0.15) is 0 Å². The number of anilines is 2. The van der Waals surface area contributed by atoms with Crippen molar-refractivity contribution in [1.82, 2.24) is 9.97 Å². The maximum absolute atomic E-state index is 12.6. The lowest BCUT2D eigenvalue weighted by Crippen LogP contribution is -2.16. The summed E-state index contributed by atoms with van der Waals surface area (Å²) in [5, 5.41) is 6.02. The van der Waals surface area contributed by atoms with Crippen LogP contribution in [0.3, 0.4) is 0 Å². The zero-order valence-electron chi connectivity index (χ0n) is 16.1. The summed E-state index contributed by atoms with van der Waals surface area (Å²) >= 11 is 0. The van der Waals surface area contributed by atoms with E-state index in [0.717, 1.165) is 30.8 Å². The second-order valence-corrected chi connectivity index (χ2v) is 6.39. The first-order valence-electron chi connectivity index (χ1n) is 9.38. The van der Waals surface area contributed by atoms with Crippen LogP contribution in [0.4, 0.5) is 11.6 Å². The molecule has 0 fully saturated rings. The first kappa shape index (κ1) is 19.4. The van der Waals surface area contributed by atoms with Crippen molar-refractivity contribution >= 4 is 17.5 Å². The van der Waals surface area contributed by atoms with E-state index in [2.05, 4.69) is 27.5 Å². The van der Waals surface area contributed by atoms with Crippen molar-refractivity contribution in [3.63, 3.8) is 0 Å². The van der Waals surface area contributed by atoms with E-state index in [-0.39, 0.29) is 5.91 Å². The molecular weight excluding hydrogens is 352 g/mol. The molecule has 28 heavy (non-hydrogen) atoms. The number of ether oxygens (including phenoxy) is 1. The highest BCUT2D eigenvalue weighted by molar-refractivity contribution is 6.03. The first-order valence-corrected chi connectivity index (χ1v) is 9.38. The van der Waals surface area contributed by atoms with E-state index in [9.17, 15) is 4.79 Å². The van der Waals surface area contributed by atoms with Crippen LogP contribution < -0.4 is 15.4 Å². The average molecular weight is 376 g/mol. The maximum Gasteiger partial charge on any atom is 0.274 e. The largest absolute Gasteiger partial charge is 0.457 e. The third kappa shape index (κ3) is 5.54. The van der Waals surface area contributed by atoms with Gasteiger partial charge in [-0.05, 0) is 55.8 Å². The minimum atomic E-state index is -0.277. The number of rotatable bonds is 8. The third-order valence-corrected chi connectivity index (χ3v) is 3.99. The summed E-state index contributed by atoms with van der Waals surface area (Å²) in [6, 6.07) is 18.4. The van der Waals surface area contributed by atoms with Gasteiger partial charge in [0.2, 0.25) is 5.95 Å². The molecule has 1 amide bonds. The molecule has 2 N–H and O–H groups in total. The van der Waals surface area contributed by atoms with Gasteiger partial charge >= 0.3 is 0 Å². The highest BCUT2D eigenvalue weighted by atomic mass is 16.5. The van der Waals surface area contributed by atoms with E-state index in [1.165, 1.54) is 0 Å². The highest BCUT2D eigenvalue weighted by Gasteiger charge is 2.11. The van der Waals surface area contributed by atoms with E-state index in [0.29, 0.717) is 23.1 Å². The Labute approximate surface area is 165 Å². The molecule has 0 aliphatic carbocycles. The van der Waals surface area contributed by atoms with E-state index >= 15 is 0 Å². The Morgan fingerprint density at radius 1 is 1.00 bits per heavy atom. The molecule has 2 aromatic carbocycles. The third-order valence-electron chi connectivity index (χ3n) is 3.99. The maximum atomic E-state index is 12.6. The quantitative estimate of drug-likeness (QED) is 0.539. The lowest BCUT2D eigenvalue weighted by Gasteiger charge is -2.09. The number of hydrogen-bond acceptors (Lipinski definition) is 5. The minimum absolute atomic E-state index is 0.277. The van der Waals surface area contributed by atoms with Crippen molar-refractivity contribution in [2.75, 3.05) is 17.2 Å². The number of benzene rings is 2. The number of carbonyl (C=O) groups is 1. The van der Waals surface area contributed by atoms with Crippen LogP contribution in [0.1, 0.15) is 35.9 Å². The van der Waals surface area contributed by atoms with Crippen LogP contribution in [0.25, 0.3) is 0 Å². The summed E-state index contributed by atoms with van der Waals surface area (Å²) < 4.78 is 5.76. The molecule has 0 unspecified atom stereocenters. The van der Waals surface area contributed by atoms with Gasteiger partial charge in [0.25, 0.3) is 5.91 Å². The summed E-state index contributed by atoms with van der Waals surface area (Å²) in [5.74, 6) is 1.66. The molecule has 1 heterocycles. The normalized spacial score (nSPS) is 10.4. The van der Waals surface area contributed by atoms with Gasteiger partial charge in [-0.25, -0.2) is 9.97 Å². The Morgan fingerprint density at radius 2 is 1.71 bits per heavy atom. The summed E-state index contributed by atoms with van der Waals surface area (Å²) in [5.41, 5.74) is 1.74. The minimum Gasteiger partial charge on any atom is -0.457 e. The van der Waals surface area contributed by atoms with E-state index in [1.807, 2.05) is 49.4 Å². The van der Waals surface area contributed by atoms with Crippen LogP contribution in [0.2, 0.25) is 0 Å². The number of nitrogens with one attached hydrogen (secondary N) is 2. The van der Waals surface area contributed by atoms with Crippen molar-refractivity contribution in [2.45, 2.75) is 26.7 Å². The number of amides is 1. The molecule has 6 heteroatoms. The van der Waals surface area contributed by atoms with Crippen molar-refractivity contribution in [3.8, 4) is 11.5 Å². The molecule has 1 aromatic heterocycles. The van der Waals surface area contributed by atoms with Crippen molar-refractivity contribution < 1.29 is 9.53 Å². The van der Waals surface area contributed by atoms with Crippen LogP contribution >= 0.6 is 0 Å². The molecule has 0 saturated heterocycles. The standard InChI is InChI=1S/C22H24N4O2/c1-3-4-14-23-22-24-16(2)15-20(26-22)21(27)25-17-10-12-19(13-11-17)28-18-8-6-5-7-9-18/h5-13,15H,3-4,14H2,1-2H3,(H,25,27)(H,23,24,26). The number of para-hydroxylation sites is 1. The number of aryl methyl sites for hydroxylation is 1. The Bertz CT molecular complexity index is 912. The second-order valence-electron chi connectivity index (χ2n) is 6.39. The zero-order chi connectivity index (χ0) is 19.8. The SMILES string of the molecule is CCCCNc1nc(C)cc(C(=O)Nc2ccc(Oc3ccccc3)cc2)n1.